The summed E-state index contributed by atoms with van der Waals surface area (Å²) in [6, 6.07) is 7.66. The highest BCUT2D eigenvalue weighted by atomic mass is 16.5. The van der Waals surface area contributed by atoms with Crippen LogP contribution in [-0.4, -0.2) is 61.3 Å². The van der Waals surface area contributed by atoms with Gasteiger partial charge in [0, 0.05) is 37.4 Å². The predicted molar refractivity (Wildman–Crippen MR) is 92.7 cm³/mol. The Morgan fingerprint density at radius 1 is 1.04 bits per heavy atom. The molecule has 0 radical (unpaired) electrons. The third-order valence-corrected chi connectivity index (χ3v) is 5.69. The molecule has 134 valence electrons. The van der Waals surface area contributed by atoms with Gasteiger partial charge in [-0.2, -0.15) is 0 Å². The fraction of sp³-hybridized carbons (Fsp3) is 0.579. The number of benzene rings is 1. The van der Waals surface area contributed by atoms with Gasteiger partial charge in [-0.05, 0) is 48.9 Å². The number of carbonyl (C=O) groups excluding carboxylic acids is 1. The van der Waals surface area contributed by atoms with Gasteiger partial charge in [-0.15, -0.1) is 0 Å². The van der Waals surface area contributed by atoms with Crippen LogP contribution in [0, 0.1) is 17.8 Å². The van der Waals surface area contributed by atoms with Crippen LogP contribution in [-0.2, 0) is 9.53 Å². The van der Waals surface area contributed by atoms with Crippen molar-refractivity contribution in [1.82, 2.24) is 4.90 Å². The molecule has 1 aliphatic carbocycles. The number of nitrogens with zero attached hydrogens (tertiary/aromatic N) is 2. The fourth-order valence-corrected chi connectivity index (χ4v) is 4.08. The molecule has 3 aliphatic rings. The van der Waals surface area contributed by atoms with Crippen molar-refractivity contribution in [1.29, 1.82) is 0 Å². The maximum Gasteiger partial charge on any atom is 0.308 e. The van der Waals surface area contributed by atoms with E-state index in [-0.39, 0.29) is 11.8 Å². The van der Waals surface area contributed by atoms with Crippen LogP contribution in [0.4, 0.5) is 5.69 Å². The molecule has 2 heterocycles. The molecule has 1 aromatic rings. The van der Waals surface area contributed by atoms with E-state index in [0.717, 1.165) is 44.8 Å². The summed E-state index contributed by atoms with van der Waals surface area (Å²) in [5.41, 5.74) is 1.73. The lowest BCUT2D eigenvalue weighted by atomic mass is 9.92. The molecular formula is C19H24N2O4. The Balaban J connectivity index is 1.44. The van der Waals surface area contributed by atoms with E-state index in [1.807, 2.05) is 24.3 Å². The van der Waals surface area contributed by atoms with Gasteiger partial charge in [-0.1, -0.05) is 0 Å². The van der Waals surface area contributed by atoms with Crippen LogP contribution in [0.15, 0.2) is 24.3 Å². The second-order valence-electron chi connectivity index (χ2n) is 7.30. The predicted octanol–water partition coefficient (Wildman–Crippen LogP) is 1.71. The molecule has 6 nitrogen and oxygen atoms in total. The molecule has 6 heteroatoms. The van der Waals surface area contributed by atoms with E-state index < -0.39 is 11.9 Å². The summed E-state index contributed by atoms with van der Waals surface area (Å²) in [5.74, 6) is -0.626. The van der Waals surface area contributed by atoms with Gasteiger partial charge in [0.2, 0.25) is 0 Å². The van der Waals surface area contributed by atoms with Crippen LogP contribution < -0.4 is 4.90 Å². The van der Waals surface area contributed by atoms with Gasteiger partial charge in [0.05, 0.1) is 19.1 Å². The van der Waals surface area contributed by atoms with E-state index in [4.69, 9.17) is 4.74 Å². The molecule has 1 amide bonds. The van der Waals surface area contributed by atoms with E-state index in [2.05, 4.69) is 4.90 Å². The molecule has 0 bridgehead atoms. The van der Waals surface area contributed by atoms with Crippen molar-refractivity contribution in [2.45, 2.75) is 12.8 Å². The molecular weight excluding hydrogens is 320 g/mol. The third-order valence-electron chi connectivity index (χ3n) is 5.69. The van der Waals surface area contributed by atoms with Gasteiger partial charge in [0.1, 0.15) is 0 Å². The Kier molecular flexibility index (Phi) is 4.37. The number of rotatable bonds is 4. The Morgan fingerprint density at radius 2 is 1.72 bits per heavy atom. The number of carboxylic acid groups (broad SMARTS) is 1. The average molecular weight is 344 g/mol. The molecule has 2 aliphatic heterocycles. The number of hydrogen-bond donors (Lipinski definition) is 1. The van der Waals surface area contributed by atoms with E-state index in [0.29, 0.717) is 24.6 Å². The van der Waals surface area contributed by atoms with Crippen molar-refractivity contribution in [2.24, 2.45) is 17.8 Å². The van der Waals surface area contributed by atoms with Crippen molar-refractivity contribution in [3.8, 4) is 0 Å². The minimum atomic E-state index is -0.769. The standard InChI is InChI=1S/C19H24N2O4/c22-18(21-11-16(13-1-2-13)17(12-21)19(23)24)14-3-5-15(6-4-14)20-7-9-25-10-8-20/h3-6,13,16-17H,1-2,7-12H2,(H,23,24)/t16-,17+/m0/s1. The lowest BCUT2D eigenvalue weighted by Crippen LogP contribution is -2.36. The zero-order valence-electron chi connectivity index (χ0n) is 14.3. The van der Waals surface area contributed by atoms with Crippen LogP contribution in [0.25, 0.3) is 0 Å². The number of morpholine rings is 1. The highest BCUT2D eigenvalue weighted by Gasteiger charge is 2.46. The Morgan fingerprint density at radius 3 is 2.32 bits per heavy atom. The van der Waals surface area contributed by atoms with E-state index in [1.54, 1.807) is 4.90 Å². The van der Waals surface area contributed by atoms with Gasteiger partial charge in [0.15, 0.2) is 0 Å². The van der Waals surface area contributed by atoms with Gasteiger partial charge in [-0.25, -0.2) is 0 Å². The van der Waals surface area contributed by atoms with Gasteiger partial charge in [0.25, 0.3) is 5.91 Å². The monoisotopic (exact) mass is 344 g/mol. The Labute approximate surface area is 147 Å². The van der Waals surface area contributed by atoms with Crippen molar-refractivity contribution in [2.75, 3.05) is 44.3 Å². The van der Waals surface area contributed by atoms with Crippen molar-refractivity contribution >= 4 is 17.6 Å². The first-order valence-corrected chi connectivity index (χ1v) is 9.08. The Bertz CT molecular complexity index is 650. The van der Waals surface area contributed by atoms with Crippen molar-refractivity contribution in [3.63, 3.8) is 0 Å². The van der Waals surface area contributed by atoms with Gasteiger partial charge >= 0.3 is 5.97 Å². The average Bonchev–Trinajstić information content (AvgIpc) is 3.40. The van der Waals surface area contributed by atoms with Crippen LogP contribution in [0.3, 0.4) is 0 Å². The van der Waals surface area contributed by atoms with Gasteiger partial charge < -0.3 is 19.6 Å². The zero-order chi connectivity index (χ0) is 17.4. The van der Waals surface area contributed by atoms with E-state index in [1.165, 1.54) is 0 Å². The molecule has 1 saturated carbocycles. The highest BCUT2D eigenvalue weighted by Crippen LogP contribution is 2.44. The fourth-order valence-electron chi connectivity index (χ4n) is 4.08. The van der Waals surface area contributed by atoms with Crippen LogP contribution >= 0.6 is 0 Å². The molecule has 0 aromatic heterocycles. The molecule has 1 aromatic carbocycles. The summed E-state index contributed by atoms with van der Waals surface area (Å²) in [4.78, 5) is 28.3. The highest BCUT2D eigenvalue weighted by molar-refractivity contribution is 5.95. The third kappa shape index (κ3) is 3.35. The number of carbonyl (C=O) groups is 2. The topological polar surface area (TPSA) is 70.1 Å². The minimum absolute atomic E-state index is 0.0528. The summed E-state index contributed by atoms with van der Waals surface area (Å²) in [5, 5.41) is 9.46. The number of hydrogen-bond acceptors (Lipinski definition) is 4. The molecule has 2 saturated heterocycles. The molecule has 2 atom stereocenters. The second-order valence-corrected chi connectivity index (χ2v) is 7.30. The van der Waals surface area contributed by atoms with E-state index >= 15 is 0 Å². The van der Waals surface area contributed by atoms with Crippen molar-refractivity contribution < 1.29 is 19.4 Å². The lowest BCUT2D eigenvalue weighted by Gasteiger charge is -2.29. The summed E-state index contributed by atoms with van der Waals surface area (Å²) in [6.07, 6.45) is 2.20. The smallest absolute Gasteiger partial charge is 0.308 e. The maximum absolute atomic E-state index is 12.8. The molecule has 0 spiro atoms. The molecule has 25 heavy (non-hydrogen) atoms. The summed E-state index contributed by atoms with van der Waals surface area (Å²) in [6.45, 7) is 4.10. The lowest BCUT2D eigenvalue weighted by molar-refractivity contribution is -0.142. The number of amides is 1. The summed E-state index contributed by atoms with van der Waals surface area (Å²) < 4.78 is 5.36. The summed E-state index contributed by atoms with van der Waals surface area (Å²) >= 11 is 0. The number of aliphatic carboxylic acids is 1. The largest absolute Gasteiger partial charge is 0.481 e. The molecule has 4 rings (SSSR count). The zero-order valence-corrected chi connectivity index (χ0v) is 14.3. The van der Waals surface area contributed by atoms with Crippen LogP contribution in [0.5, 0.6) is 0 Å². The SMILES string of the molecule is O=C(O)[C@@H]1CN(C(=O)c2ccc(N3CCOCC3)cc2)C[C@H]1C1CC1. The maximum atomic E-state index is 12.8. The second kappa shape index (κ2) is 6.67. The number of likely N-dealkylation sites (tertiary alicyclic amines) is 1. The number of anilines is 1. The molecule has 3 fully saturated rings. The molecule has 0 unspecified atom stereocenters. The van der Waals surface area contributed by atoms with Gasteiger partial charge in [-0.3, -0.25) is 9.59 Å². The van der Waals surface area contributed by atoms with Crippen molar-refractivity contribution in [3.05, 3.63) is 29.8 Å². The minimum Gasteiger partial charge on any atom is -0.481 e. The molecule has 1 N–H and O–H groups in total. The first-order valence-electron chi connectivity index (χ1n) is 9.08. The normalized spacial score (nSPS) is 26.7. The Hall–Kier alpha value is -2.08. The van der Waals surface area contributed by atoms with Crippen LogP contribution in [0.2, 0.25) is 0 Å². The van der Waals surface area contributed by atoms with E-state index in [9.17, 15) is 14.7 Å². The first kappa shape index (κ1) is 16.4. The van der Waals surface area contributed by atoms with Crippen LogP contribution in [0.1, 0.15) is 23.2 Å². The summed E-state index contributed by atoms with van der Waals surface area (Å²) in [7, 11) is 0. The first-order chi connectivity index (χ1) is 12.1. The number of ether oxygens (including phenoxy) is 1. The quantitative estimate of drug-likeness (QED) is 0.900. The number of carboxylic acids is 1.